The van der Waals surface area contributed by atoms with Crippen LogP contribution in [0.25, 0.3) is 0 Å². The summed E-state index contributed by atoms with van der Waals surface area (Å²) in [5.74, 6) is 1.05. The number of benzene rings is 1. The van der Waals surface area contributed by atoms with Gasteiger partial charge in [0.05, 0.1) is 0 Å². The van der Waals surface area contributed by atoms with Crippen molar-refractivity contribution in [2.45, 2.75) is 39.7 Å². The Morgan fingerprint density at radius 2 is 1.71 bits per heavy atom. The van der Waals surface area contributed by atoms with Crippen LogP contribution in [-0.4, -0.2) is 5.60 Å². The fraction of sp³-hybridized carbons (Fsp3) is 0.538. The van der Waals surface area contributed by atoms with Gasteiger partial charge in [0.2, 0.25) is 0 Å². The monoisotopic (exact) mass is 190 g/mol. The van der Waals surface area contributed by atoms with Crippen molar-refractivity contribution in [1.29, 1.82) is 0 Å². The van der Waals surface area contributed by atoms with Gasteiger partial charge < -0.3 is 4.74 Å². The molecular weight excluding hydrogens is 172 g/mol. The van der Waals surface area contributed by atoms with E-state index in [0.29, 0.717) is 0 Å². The Labute approximate surface area is 86.1 Å². The second-order valence-electron chi connectivity index (χ2n) is 5.28. The largest absolute Gasteiger partial charge is 0.487 e. The molecule has 0 fully saturated rings. The molecule has 0 spiro atoms. The molecule has 0 N–H and O–H groups in total. The highest BCUT2D eigenvalue weighted by Gasteiger charge is 2.43. The van der Waals surface area contributed by atoms with Crippen LogP contribution in [0.1, 0.15) is 33.3 Å². The van der Waals surface area contributed by atoms with E-state index in [0.717, 1.165) is 12.2 Å². The molecule has 0 radical (unpaired) electrons. The zero-order valence-electron chi connectivity index (χ0n) is 9.42. The minimum Gasteiger partial charge on any atom is -0.487 e. The smallest absolute Gasteiger partial charge is 0.123 e. The van der Waals surface area contributed by atoms with Crippen LogP contribution in [0.3, 0.4) is 0 Å². The molecule has 0 unspecified atom stereocenters. The van der Waals surface area contributed by atoms with Gasteiger partial charge in [0.25, 0.3) is 0 Å². The molecule has 0 amide bonds. The summed E-state index contributed by atoms with van der Waals surface area (Å²) in [6.07, 6.45) is 1.09. The van der Waals surface area contributed by atoms with Crippen molar-refractivity contribution in [3.8, 4) is 5.75 Å². The highest BCUT2D eigenvalue weighted by Crippen LogP contribution is 2.44. The minimum absolute atomic E-state index is 0.0820. The van der Waals surface area contributed by atoms with Crippen molar-refractivity contribution in [3.05, 3.63) is 29.8 Å². The molecule has 0 aliphatic carbocycles. The van der Waals surface area contributed by atoms with Gasteiger partial charge in [-0.2, -0.15) is 0 Å². The van der Waals surface area contributed by atoms with E-state index in [1.54, 1.807) is 0 Å². The molecule has 0 bridgehead atoms. The van der Waals surface area contributed by atoms with E-state index in [-0.39, 0.29) is 11.0 Å². The molecule has 1 aromatic carbocycles. The number of fused-ring (bicyclic) bond motifs is 1. The molecule has 1 heteroatoms. The summed E-state index contributed by atoms with van der Waals surface area (Å²) < 4.78 is 6.03. The molecule has 0 saturated heterocycles. The lowest BCUT2D eigenvalue weighted by atomic mass is 9.71. The van der Waals surface area contributed by atoms with Crippen molar-refractivity contribution in [1.82, 2.24) is 0 Å². The average molecular weight is 190 g/mol. The Morgan fingerprint density at radius 1 is 1.07 bits per heavy atom. The molecule has 0 aromatic heterocycles. The van der Waals surface area contributed by atoms with E-state index in [1.165, 1.54) is 5.56 Å². The van der Waals surface area contributed by atoms with Crippen LogP contribution in [0.2, 0.25) is 0 Å². The molecule has 76 valence electrons. The third kappa shape index (κ3) is 1.31. The van der Waals surface area contributed by atoms with Crippen LogP contribution in [0.4, 0.5) is 0 Å². The van der Waals surface area contributed by atoms with E-state index in [9.17, 15) is 0 Å². The topological polar surface area (TPSA) is 9.23 Å². The second kappa shape index (κ2) is 2.75. The van der Waals surface area contributed by atoms with Crippen molar-refractivity contribution >= 4 is 0 Å². The molecular formula is C13H18O. The van der Waals surface area contributed by atoms with E-state index >= 15 is 0 Å². The molecule has 1 heterocycles. The number of ether oxygens (including phenoxy) is 1. The summed E-state index contributed by atoms with van der Waals surface area (Å²) in [6, 6.07) is 8.34. The Morgan fingerprint density at radius 3 is 2.43 bits per heavy atom. The Balaban J connectivity index is 2.46. The van der Waals surface area contributed by atoms with Gasteiger partial charge in [-0.25, -0.2) is 0 Å². The SMILES string of the molecule is CC1(C)Cc2ccccc2OC1(C)C. The van der Waals surface area contributed by atoms with Gasteiger partial charge in [-0.3, -0.25) is 0 Å². The summed E-state index contributed by atoms with van der Waals surface area (Å²) in [7, 11) is 0. The quantitative estimate of drug-likeness (QED) is 0.609. The summed E-state index contributed by atoms with van der Waals surface area (Å²) in [5.41, 5.74) is 1.44. The van der Waals surface area contributed by atoms with Gasteiger partial charge in [-0.1, -0.05) is 32.0 Å². The first-order chi connectivity index (χ1) is 6.42. The first-order valence-corrected chi connectivity index (χ1v) is 5.19. The van der Waals surface area contributed by atoms with Crippen LogP contribution in [0.15, 0.2) is 24.3 Å². The summed E-state index contributed by atoms with van der Waals surface area (Å²) >= 11 is 0. The molecule has 14 heavy (non-hydrogen) atoms. The lowest BCUT2D eigenvalue weighted by Crippen LogP contribution is -2.48. The van der Waals surface area contributed by atoms with Gasteiger partial charge in [0.1, 0.15) is 11.4 Å². The number of hydrogen-bond acceptors (Lipinski definition) is 1. The van der Waals surface area contributed by atoms with Gasteiger partial charge in [0, 0.05) is 5.41 Å². The van der Waals surface area contributed by atoms with E-state index in [2.05, 4.69) is 45.9 Å². The van der Waals surface area contributed by atoms with Crippen molar-refractivity contribution in [3.63, 3.8) is 0 Å². The van der Waals surface area contributed by atoms with Crippen molar-refractivity contribution < 1.29 is 4.74 Å². The molecule has 1 aromatic rings. The van der Waals surface area contributed by atoms with Gasteiger partial charge in [-0.05, 0) is 31.9 Å². The summed E-state index contributed by atoms with van der Waals surface area (Å²) in [6.45, 7) is 8.87. The average Bonchev–Trinajstić information content (AvgIpc) is 2.05. The number of para-hydroxylation sites is 1. The van der Waals surface area contributed by atoms with Crippen LogP contribution in [0.5, 0.6) is 5.75 Å². The first-order valence-electron chi connectivity index (χ1n) is 5.19. The third-order valence-electron chi connectivity index (χ3n) is 3.60. The number of hydrogen-bond donors (Lipinski definition) is 0. The minimum atomic E-state index is -0.0820. The predicted molar refractivity (Wildman–Crippen MR) is 58.6 cm³/mol. The molecule has 0 atom stereocenters. The molecule has 1 aliphatic heterocycles. The molecule has 1 nitrogen and oxygen atoms in total. The van der Waals surface area contributed by atoms with Crippen LogP contribution in [0, 0.1) is 5.41 Å². The summed E-state index contributed by atoms with van der Waals surface area (Å²) in [5, 5.41) is 0. The third-order valence-corrected chi connectivity index (χ3v) is 3.60. The maximum atomic E-state index is 6.03. The molecule has 1 aliphatic rings. The molecule has 2 rings (SSSR count). The zero-order chi connectivity index (χ0) is 10.4. The first kappa shape index (κ1) is 9.57. The Bertz CT molecular complexity index is 315. The maximum absolute atomic E-state index is 6.03. The van der Waals surface area contributed by atoms with Gasteiger partial charge in [-0.15, -0.1) is 0 Å². The molecule has 0 saturated carbocycles. The van der Waals surface area contributed by atoms with E-state index < -0.39 is 0 Å². The Hall–Kier alpha value is -0.980. The Kier molecular flexibility index (Phi) is 1.88. The fourth-order valence-electron chi connectivity index (χ4n) is 1.85. The maximum Gasteiger partial charge on any atom is 0.123 e. The second-order valence-corrected chi connectivity index (χ2v) is 5.28. The standard InChI is InChI=1S/C13H18O/c1-12(2)9-10-7-5-6-8-11(10)14-13(12,3)4/h5-8H,9H2,1-4H3. The number of rotatable bonds is 0. The zero-order valence-corrected chi connectivity index (χ0v) is 9.42. The highest BCUT2D eigenvalue weighted by molar-refractivity contribution is 5.37. The van der Waals surface area contributed by atoms with Crippen molar-refractivity contribution in [2.75, 3.05) is 0 Å². The van der Waals surface area contributed by atoms with Crippen LogP contribution >= 0.6 is 0 Å². The van der Waals surface area contributed by atoms with Gasteiger partial charge >= 0.3 is 0 Å². The predicted octanol–water partition coefficient (Wildman–Crippen LogP) is 3.43. The summed E-state index contributed by atoms with van der Waals surface area (Å²) in [4.78, 5) is 0. The fourth-order valence-corrected chi connectivity index (χ4v) is 1.85. The van der Waals surface area contributed by atoms with E-state index in [1.807, 2.05) is 6.07 Å². The van der Waals surface area contributed by atoms with E-state index in [4.69, 9.17) is 4.74 Å². The lowest BCUT2D eigenvalue weighted by Gasteiger charge is -2.46. The highest BCUT2D eigenvalue weighted by atomic mass is 16.5. The van der Waals surface area contributed by atoms with Crippen LogP contribution < -0.4 is 4.74 Å². The lowest BCUT2D eigenvalue weighted by molar-refractivity contribution is -0.0270. The van der Waals surface area contributed by atoms with Crippen LogP contribution in [-0.2, 0) is 6.42 Å². The normalized spacial score (nSPS) is 22.3. The van der Waals surface area contributed by atoms with Gasteiger partial charge in [0.15, 0.2) is 0 Å². The van der Waals surface area contributed by atoms with Crippen molar-refractivity contribution in [2.24, 2.45) is 5.41 Å².